The standard InChI is InChI=1S/C23H28FN3O3/c1-14(2)9-10-23(5)21(29)26(22(30)25-23)13-20(28)19-11-15(3)27(16(19)4)18-8-6-7-17(24)12-18/h6-8,11-12,14H,9-10,13H2,1-5H3,(H,25,30)/t23-/m1/s1. The summed E-state index contributed by atoms with van der Waals surface area (Å²) in [4.78, 5) is 39.3. The number of carbonyl (C=O) groups is 3. The molecular formula is C23H28FN3O3. The number of benzene rings is 1. The van der Waals surface area contributed by atoms with Crippen LogP contribution in [0.4, 0.5) is 9.18 Å². The monoisotopic (exact) mass is 413 g/mol. The molecule has 1 saturated heterocycles. The lowest BCUT2D eigenvalue weighted by molar-refractivity contribution is -0.130. The van der Waals surface area contributed by atoms with Crippen LogP contribution in [0.5, 0.6) is 0 Å². The van der Waals surface area contributed by atoms with Gasteiger partial charge < -0.3 is 9.88 Å². The zero-order valence-electron chi connectivity index (χ0n) is 18.1. The van der Waals surface area contributed by atoms with Crippen LogP contribution in [0.25, 0.3) is 5.69 Å². The highest BCUT2D eigenvalue weighted by Crippen LogP contribution is 2.26. The summed E-state index contributed by atoms with van der Waals surface area (Å²) in [5, 5.41) is 2.74. The van der Waals surface area contributed by atoms with Crippen molar-refractivity contribution in [1.82, 2.24) is 14.8 Å². The molecule has 0 unspecified atom stereocenters. The number of hydrogen-bond acceptors (Lipinski definition) is 3. The largest absolute Gasteiger partial charge is 0.325 e. The van der Waals surface area contributed by atoms with E-state index in [2.05, 4.69) is 19.2 Å². The number of urea groups is 1. The molecule has 1 aliphatic rings. The van der Waals surface area contributed by atoms with Gasteiger partial charge in [-0.25, -0.2) is 9.18 Å². The van der Waals surface area contributed by atoms with Crippen LogP contribution in [0.1, 0.15) is 55.4 Å². The molecule has 7 heteroatoms. The molecule has 0 spiro atoms. The van der Waals surface area contributed by atoms with E-state index in [4.69, 9.17) is 0 Å². The van der Waals surface area contributed by atoms with E-state index in [1.165, 1.54) is 12.1 Å². The molecule has 3 rings (SSSR count). The Hall–Kier alpha value is -2.96. The van der Waals surface area contributed by atoms with Crippen LogP contribution >= 0.6 is 0 Å². The van der Waals surface area contributed by atoms with Gasteiger partial charge in [-0.05, 0) is 63.8 Å². The minimum absolute atomic E-state index is 0.324. The van der Waals surface area contributed by atoms with Gasteiger partial charge in [0, 0.05) is 22.6 Å². The van der Waals surface area contributed by atoms with Crippen LogP contribution in [0.15, 0.2) is 30.3 Å². The number of aryl methyl sites for hydroxylation is 1. The molecular weight excluding hydrogens is 385 g/mol. The van der Waals surface area contributed by atoms with E-state index in [0.29, 0.717) is 29.3 Å². The summed E-state index contributed by atoms with van der Waals surface area (Å²) in [6.07, 6.45) is 1.31. The molecule has 6 nitrogen and oxygen atoms in total. The van der Waals surface area contributed by atoms with Gasteiger partial charge >= 0.3 is 6.03 Å². The minimum atomic E-state index is -0.986. The van der Waals surface area contributed by atoms with Crippen molar-refractivity contribution < 1.29 is 18.8 Å². The number of aromatic nitrogens is 1. The van der Waals surface area contributed by atoms with Crippen molar-refractivity contribution in [2.75, 3.05) is 6.54 Å². The first-order chi connectivity index (χ1) is 14.0. The van der Waals surface area contributed by atoms with Crippen molar-refractivity contribution >= 4 is 17.7 Å². The van der Waals surface area contributed by atoms with Gasteiger partial charge in [0.05, 0.1) is 6.54 Å². The third-order valence-electron chi connectivity index (χ3n) is 5.67. The topological polar surface area (TPSA) is 71.4 Å². The van der Waals surface area contributed by atoms with Gasteiger partial charge in [-0.15, -0.1) is 0 Å². The Morgan fingerprint density at radius 3 is 2.53 bits per heavy atom. The van der Waals surface area contributed by atoms with E-state index < -0.39 is 11.6 Å². The maximum Gasteiger partial charge on any atom is 0.325 e. The molecule has 0 radical (unpaired) electrons. The predicted molar refractivity (Wildman–Crippen MR) is 112 cm³/mol. The lowest BCUT2D eigenvalue weighted by Crippen LogP contribution is -2.44. The molecule has 2 aromatic rings. The summed E-state index contributed by atoms with van der Waals surface area (Å²) < 4.78 is 15.4. The fourth-order valence-corrected chi connectivity index (χ4v) is 3.92. The minimum Gasteiger partial charge on any atom is -0.323 e. The number of nitrogens with zero attached hydrogens (tertiary/aromatic N) is 2. The summed E-state index contributed by atoms with van der Waals surface area (Å²) in [6.45, 7) is 9.08. The summed E-state index contributed by atoms with van der Waals surface area (Å²) in [6, 6.07) is 7.28. The molecule has 3 amide bonds. The molecule has 0 bridgehead atoms. The van der Waals surface area contributed by atoms with Crippen LogP contribution in [0.2, 0.25) is 0 Å². The molecule has 1 aliphatic heterocycles. The van der Waals surface area contributed by atoms with Crippen LogP contribution < -0.4 is 5.32 Å². The van der Waals surface area contributed by atoms with E-state index in [-0.39, 0.29) is 24.1 Å². The Labute approximate surface area is 176 Å². The lowest BCUT2D eigenvalue weighted by Gasteiger charge is -2.22. The molecule has 2 heterocycles. The van der Waals surface area contributed by atoms with Crippen molar-refractivity contribution in [2.24, 2.45) is 5.92 Å². The van der Waals surface area contributed by atoms with Crippen molar-refractivity contribution in [3.8, 4) is 5.69 Å². The van der Waals surface area contributed by atoms with Crippen molar-refractivity contribution in [1.29, 1.82) is 0 Å². The molecule has 160 valence electrons. The fraction of sp³-hybridized carbons (Fsp3) is 0.435. The van der Waals surface area contributed by atoms with E-state index in [9.17, 15) is 18.8 Å². The quantitative estimate of drug-likeness (QED) is 0.547. The third-order valence-corrected chi connectivity index (χ3v) is 5.67. The highest BCUT2D eigenvalue weighted by molar-refractivity contribution is 6.11. The van der Waals surface area contributed by atoms with E-state index in [1.54, 1.807) is 36.6 Å². The normalized spacial score (nSPS) is 19.0. The first-order valence-electron chi connectivity index (χ1n) is 10.2. The number of ketones is 1. The van der Waals surface area contributed by atoms with Gasteiger partial charge in [-0.2, -0.15) is 0 Å². The van der Waals surface area contributed by atoms with Gasteiger partial charge in [0.25, 0.3) is 5.91 Å². The molecule has 30 heavy (non-hydrogen) atoms. The van der Waals surface area contributed by atoms with Crippen LogP contribution in [-0.2, 0) is 4.79 Å². The van der Waals surface area contributed by atoms with E-state index in [1.807, 2.05) is 6.92 Å². The fourth-order valence-electron chi connectivity index (χ4n) is 3.92. The van der Waals surface area contributed by atoms with E-state index >= 15 is 0 Å². The number of nitrogens with one attached hydrogen (secondary N) is 1. The Kier molecular flexibility index (Phi) is 5.83. The van der Waals surface area contributed by atoms with Crippen molar-refractivity contribution in [3.05, 3.63) is 53.1 Å². The summed E-state index contributed by atoms with van der Waals surface area (Å²) >= 11 is 0. The van der Waals surface area contributed by atoms with Crippen LogP contribution in [0, 0.1) is 25.6 Å². The number of halogens is 1. The number of carbonyl (C=O) groups excluding carboxylic acids is 3. The highest BCUT2D eigenvalue weighted by Gasteiger charge is 2.48. The first-order valence-corrected chi connectivity index (χ1v) is 10.2. The Morgan fingerprint density at radius 2 is 1.90 bits per heavy atom. The average Bonchev–Trinajstić information content (AvgIpc) is 3.08. The number of imide groups is 1. The molecule has 1 aromatic carbocycles. The Balaban J connectivity index is 1.82. The second-order valence-electron chi connectivity index (χ2n) is 8.61. The zero-order chi connectivity index (χ0) is 22.2. The van der Waals surface area contributed by atoms with Gasteiger partial charge in [0.1, 0.15) is 11.4 Å². The zero-order valence-corrected chi connectivity index (χ0v) is 18.1. The summed E-state index contributed by atoms with van der Waals surface area (Å²) in [7, 11) is 0. The Morgan fingerprint density at radius 1 is 1.20 bits per heavy atom. The number of amides is 3. The molecule has 0 saturated carbocycles. The smallest absolute Gasteiger partial charge is 0.323 e. The number of Topliss-reactive ketones (excluding diaryl/α,β-unsaturated/α-hetero) is 1. The second kappa shape index (κ2) is 8.05. The van der Waals surface area contributed by atoms with Crippen molar-refractivity contribution in [3.63, 3.8) is 0 Å². The molecule has 1 atom stereocenters. The second-order valence-corrected chi connectivity index (χ2v) is 8.61. The van der Waals surface area contributed by atoms with E-state index in [0.717, 1.165) is 17.0 Å². The predicted octanol–water partition coefficient (Wildman–Crippen LogP) is 4.16. The van der Waals surface area contributed by atoms with Gasteiger partial charge in [0.2, 0.25) is 0 Å². The first kappa shape index (κ1) is 21.7. The van der Waals surface area contributed by atoms with Gasteiger partial charge in [-0.3, -0.25) is 14.5 Å². The molecule has 1 aromatic heterocycles. The maximum absolute atomic E-state index is 13.7. The highest BCUT2D eigenvalue weighted by atomic mass is 19.1. The lowest BCUT2D eigenvalue weighted by atomic mass is 9.92. The average molecular weight is 413 g/mol. The summed E-state index contributed by atoms with van der Waals surface area (Å²) in [5.74, 6) is -0.675. The number of rotatable bonds is 7. The molecule has 0 aliphatic carbocycles. The van der Waals surface area contributed by atoms with Gasteiger partial charge in [-0.1, -0.05) is 19.9 Å². The SMILES string of the molecule is Cc1cc(C(=O)CN2C(=O)N[C@](C)(CCC(C)C)C2=O)c(C)n1-c1cccc(F)c1. The summed E-state index contributed by atoms with van der Waals surface area (Å²) in [5.41, 5.74) is 1.44. The Bertz CT molecular complexity index is 1010. The molecule has 1 fully saturated rings. The molecule has 1 N–H and O–H groups in total. The van der Waals surface area contributed by atoms with Crippen LogP contribution in [-0.4, -0.2) is 39.3 Å². The number of hydrogen-bond donors (Lipinski definition) is 1. The van der Waals surface area contributed by atoms with Gasteiger partial charge in [0.15, 0.2) is 5.78 Å². The van der Waals surface area contributed by atoms with Crippen LogP contribution in [0.3, 0.4) is 0 Å². The third kappa shape index (κ3) is 4.01. The maximum atomic E-state index is 13.7. The van der Waals surface area contributed by atoms with Crippen molar-refractivity contribution in [2.45, 2.75) is 53.0 Å².